The smallest absolute Gasteiger partial charge is 0.306 e. The molecule has 0 spiro atoms. The Bertz CT molecular complexity index is 2640. The lowest BCUT2D eigenvalue weighted by atomic mass is 10.0. The number of nitrogens with two attached hydrogens (primary N) is 2. The number of hydrogen-bond acceptors (Lipinski definition) is 21. The number of ether oxygens (including phenoxy) is 2. The number of esters is 2. The lowest BCUT2D eigenvalue weighted by molar-refractivity contribution is -0.156. The highest BCUT2D eigenvalue weighted by Gasteiger charge is 2.37. The minimum Gasteiger partial charge on any atom is -0.481 e. The number of hydrogen-bond donors (Lipinski definition) is 9. The van der Waals surface area contributed by atoms with Crippen molar-refractivity contribution in [2.24, 2.45) is 11.5 Å². The number of Topliss-reactive ketones (excluding diaryl/α,β-unsaturated/α-hetero) is 2. The van der Waals surface area contributed by atoms with Gasteiger partial charge in [-0.1, -0.05) is 0 Å². The van der Waals surface area contributed by atoms with Gasteiger partial charge in [0.1, 0.15) is 46.9 Å². The van der Waals surface area contributed by atoms with Crippen LogP contribution in [-0.4, -0.2) is 201 Å². The van der Waals surface area contributed by atoms with Crippen molar-refractivity contribution in [2.45, 2.75) is 181 Å². The van der Waals surface area contributed by atoms with Gasteiger partial charge in [0.25, 0.3) is 35.4 Å². The molecule has 0 aromatic carbocycles. The summed E-state index contributed by atoms with van der Waals surface area (Å²) in [6.07, 6.45) is 8.57. The Hall–Kier alpha value is -8.87. The van der Waals surface area contributed by atoms with Crippen molar-refractivity contribution >= 4 is 100 Å². The number of ketones is 2. The fraction of sp³-hybridized carbons (Fsp3) is 0.603. The molecule has 0 unspecified atom stereocenters. The zero-order valence-electron chi connectivity index (χ0n) is 51.8. The molecule has 3 aliphatic heterocycles. The van der Waals surface area contributed by atoms with Crippen LogP contribution in [-0.2, 0) is 91.0 Å². The Morgan fingerprint density at radius 1 is 0.416 bits per heavy atom. The Morgan fingerprint density at radius 3 is 0.933 bits per heavy atom. The fourth-order valence-electron chi connectivity index (χ4n) is 7.78. The molecule has 3 rings (SSSR count). The first kappa shape index (κ1) is 78.1. The van der Waals surface area contributed by atoms with Gasteiger partial charge in [-0.2, -0.15) is 0 Å². The van der Waals surface area contributed by atoms with E-state index < -0.39 is 106 Å². The molecule has 494 valence electrons. The maximum atomic E-state index is 13.5. The van der Waals surface area contributed by atoms with E-state index >= 15 is 0 Å². The largest absolute Gasteiger partial charge is 0.481 e. The van der Waals surface area contributed by atoms with E-state index in [4.69, 9.17) is 26.0 Å². The van der Waals surface area contributed by atoms with Gasteiger partial charge in [-0.15, -0.1) is 0 Å². The Labute approximate surface area is 515 Å². The summed E-state index contributed by atoms with van der Waals surface area (Å²) < 4.78 is 10.4. The van der Waals surface area contributed by atoms with Crippen molar-refractivity contribution in [2.75, 3.05) is 45.8 Å². The molecule has 3 heterocycles. The molecule has 4 atom stereocenters. The second-order valence-electron chi connectivity index (χ2n) is 22.5. The number of carbonyl (C=O) groups excluding carboxylic acids is 16. The minimum atomic E-state index is -1.66. The highest BCUT2D eigenvalue weighted by Crippen LogP contribution is 2.12. The van der Waals surface area contributed by atoms with Gasteiger partial charge < -0.3 is 67.5 Å². The number of nitrogens with zero attached hydrogens (tertiary/aromatic N) is 3. The van der Waals surface area contributed by atoms with Crippen molar-refractivity contribution in [3.63, 3.8) is 0 Å². The summed E-state index contributed by atoms with van der Waals surface area (Å²) >= 11 is 0. The van der Waals surface area contributed by atoms with Gasteiger partial charge in [0, 0.05) is 127 Å². The summed E-state index contributed by atoms with van der Waals surface area (Å²) in [6, 6.07) is -5.72. The van der Waals surface area contributed by atoms with E-state index in [0.29, 0.717) is 25.7 Å². The predicted octanol–water partition coefficient (Wildman–Crippen LogP) is -1.77. The topological polar surface area (TPSA) is 463 Å². The van der Waals surface area contributed by atoms with Crippen molar-refractivity contribution < 1.29 is 96.1 Å². The lowest BCUT2D eigenvalue weighted by Gasteiger charge is -2.28. The number of amides is 12. The SMILES string of the molecule is CC(=O)CCCNC(=O)[C@H](N)[C@H](N)C(=O)NCCCC(=O)OC(C)(C)C.CC(=O)CCCNC(=O)[C@H](NC(=O)CCCN1C(=O)C=CC1=O)[C@H](NC(=O)CCCN1C(=O)C=CC1=O)C(=O)NCCCC(=O)OC(C)(C)C.O=C(O)CCCN1C(=O)C=CC1=O. The normalized spacial score (nSPS) is 14.7. The molecule has 89 heavy (non-hydrogen) atoms. The molecule has 0 saturated carbocycles. The minimum absolute atomic E-state index is 0.0149. The molecule has 3 aliphatic rings. The number of carbonyl (C=O) groups is 17. The summed E-state index contributed by atoms with van der Waals surface area (Å²) in [6.45, 7) is 13.8. The molecule has 0 radical (unpaired) electrons. The zero-order valence-corrected chi connectivity index (χ0v) is 51.8. The average Bonchev–Trinajstić information content (AvgIpc) is 2.17. The Balaban J connectivity index is 0.000000835. The summed E-state index contributed by atoms with van der Waals surface area (Å²) in [7, 11) is 0. The molecular formula is C58H87N11O20. The molecule has 31 heteroatoms. The van der Waals surface area contributed by atoms with Crippen molar-refractivity contribution in [1.29, 1.82) is 0 Å². The van der Waals surface area contributed by atoms with Crippen LogP contribution in [0.25, 0.3) is 0 Å². The first-order valence-corrected chi connectivity index (χ1v) is 29.0. The Kier molecular flexibility index (Phi) is 35.0. The van der Waals surface area contributed by atoms with Crippen molar-refractivity contribution in [1.82, 2.24) is 46.6 Å². The molecule has 31 nitrogen and oxygen atoms in total. The van der Waals surface area contributed by atoms with E-state index in [1.165, 1.54) is 26.0 Å². The standard InChI is InChI=1S/C33H46N6O11.C17H32N4O5.C8H9NO4/c1-21(40)9-5-17-34-31(48)29(36-22(41)10-7-19-38-24(43)13-14-25(38)44)30(32(49)35-18-6-12-28(47)50-33(2,3)4)37-23(42)11-8-20-39-26(45)15-16-27(39)46;1-11(22)7-5-9-20-15(24)13(18)14(19)16(25)21-10-6-8-12(23)26-17(2,3)4;10-6-3-4-7(11)9(6)5-1-2-8(12)13/h13-16,29-30H,5-12,17-20H2,1-4H3,(H,34,48)(H,35,49)(H,36,41)(H,37,42);13-14H,5-10,18-19H2,1-4H3,(H,20,24)(H,21,25);3-4H,1-2,5H2,(H,12,13)/t29-,30+;13-,14+;/m11./s1. The van der Waals surface area contributed by atoms with Crippen LogP contribution in [0.5, 0.6) is 0 Å². The molecule has 0 saturated heterocycles. The Morgan fingerprint density at radius 2 is 0.674 bits per heavy atom. The first-order chi connectivity index (χ1) is 41.5. The van der Waals surface area contributed by atoms with Gasteiger partial charge in [0.05, 0.1) is 0 Å². The molecular weight excluding hydrogens is 1170 g/mol. The van der Waals surface area contributed by atoms with E-state index in [1.54, 1.807) is 41.5 Å². The highest BCUT2D eigenvalue weighted by atomic mass is 16.6. The van der Waals surface area contributed by atoms with Crippen molar-refractivity contribution in [3.8, 4) is 0 Å². The van der Waals surface area contributed by atoms with Crippen LogP contribution < -0.4 is 43.4 Å². The monoisotopic (exact) mass is 1260 g/mol. The van der Waals surface area contributed by atoms with E-state index in [9.17, 15) is 81.5 Å². The van der Waals surface area contributed by atoms with Crippen LogP contribution in [0.4, 0.5) is 0 Å². The number of imide groups is 3. The van der Waals surface area contributed by atoms with Crippen molar-refractivity contribution in [3.05, 3.63) is 36.5 Å². The van der Waals surface area contributed by atoms with Crippen LogP contribution in [0.3, 0.4) is 0 Å². The summed E-state index contributed by atoms with van der Waals surface area (Å²) in [5.74, 6) is -8.97. The van der Waals surface area contributed by atoms with Crippen LogP contribution >= 0.6 is 0 Å². The maximum absolute atomic E-state index is 13.5. The molecule has 0 bridgehead atoms. The van der Waals surface area contributed by atoms with Gasteiger partial charge in [0.2, 0.25) is 35.4 Å². The van der Waals surface area contributed by atoms with Gasteiger partial charge in [-0.25, -0.2) is 0 Å². The first-order valence-electron chi connectivity index (χ1n) is 29.0. The molecule has 12 amide bonds. The van der Waals surface area contributed by atoms with Gasteiger partial charge >= 0.3 is 17.9 Å². The van der Waals surface area contributed by atoms with Crippen LogP contribution in [0, 0.1) is 0 Å². The van der Waals surface area contributed by atoms with Crippen LogP contribution in [0.15, 0.2) is 36.5 Å². The third-order valence-corrected chi connectivity index (χ3v) is 12.1. The summed E-state index contributed by atoms with van der Waals surface area (Å²) in [4.78, 5) is 205. The van der Waals surface area contributed by atoms with Crippen LogP contribution in [0.2, 0.25) is 0 Å². The van der Waals surface area contributed by atoms with E-state index in [0.717, 1.165) is 39.0 Å². The van der Waals surface area contributed by atoms with E-state index in [-0.39, 0.29) is 139 Å². The number of aliphatic carboxylic acids is 1. The molecule has 0 aromatic rings. The fourth-order valence-corrected chi connectivity index (χ4v) is 7.78. The van der Waals surface area contributed by atoms with Crippen LogP contribution in [0.1, 0.15) is 145 Å². The molecule has 0 aromatic heterocycles. The molecule has 0 fully saturated rings. The average molecular weight is 1260 g/mol. The summed E-state index contributed by atoms with van der Waals surface area (Å²) in [5, 5.41) is 23.5. The maximum Gasteiger partial charge on any atom is 0.306 e. The van der Waals surface area contributed by atoms with E-state index in [2.05, 4.69) is 31.9 Å². The third kappa shape index (κ3) is 33.7. The molecule has 0 aliphatic carbocycles. The van der Waals surface area contributed by atoms with E-state index in [1.807, 2.05) is 0 Å². The van der Waals surface area contributed by atoms with Gasteiger partial charge in [-0.05, 0) is 100 Å². The number of nitrogens with one attached hydrogen (secondary N) is 6. The summed E-state index contributed by atoms with van der Waals surface area (Å²) in [5.41, 5.74) is 10.1. The predicted molar refractivity (Wildman–Crippen MR) is 315 cm³/mol. The highest BCUT2D eigenvalue weighted by molar-refractivity contribution is 6.14. The quantitative estimate of drug-likeness (QED) is 0.0190. The number of rotatable bonds is 36. The number of carboxylic acid groups (broad SMARTS) is 1. The third-order valence-electron chi connectivity index (χ3n) is 12.1. The zero-order chi connectivity index (χ0) is 67.6. The van der Waals surface area contributed by atoms with Gasteiger partial charge in [-0.3, -0.25) is 86.6 Å². The van der Waals surface area contributed by atoms with Gasteiger partial charge in [0.15, 0.2) is 0 Å². The second-order valence-corrected chi connectivity index (χ2v) is 22.5. The second kappa shape index (κ2) is 39.8. The lowest BCUT2D eigenvalue weighted by Crippen LogP contribution is -2.63. The number of carboxylic acids is 1. The molecule has 11 N–H and O–H groups in total.